The summed E-state index contributed by atoms with van der Waals surface area (Å²) >= 11 is 12.0. The molecule has 1 amide bonds. The van der Waals surface area contributed by atoms with Gasteiger partial charge >= 0.3 is 0 Å². The standard InChI is InChI=1S/C16H15Cl2NO2/c17-13-7-4-8-14(18)15(13)16(21)19-12(10-20)9-11-5-2-1-3-6-11/h1-8,12,20H,9-10H2,(H,19,21). The minimum atomic E-state index is -0.396. The second-order valence-corrected chi connectivity index (χ2v) is 5.45. The van der Waals surface area contributed by atoms with E-state index >= 15 is 0 Å². The number of aliphatic hydroxyl groups excluding tert-OH is 1. The van der Waals surface area contributed by atoms with E-state index in [9.17, 15) is 9.90 Å². The summed E-state index contributed by atoms with van der Waals surface area (Å²) in [4.78, 5) is 12.3. The van der Waals surface area contributed by atoms with E-state index < -0.39 is 6.04 Å². The normalized spacial score (nSPS) is 12.0. The van der Waals surface area contributed by atoms with Crippen LogP contribution >= 0.6 is 23.2 Å². The Labute approximate surface area is 133 Å². The minimum Gasteiger partial charge on any atom is -0.394 e. The molecule has 0 aliphatic rings. The van der Waals surface area contributed by atoms with Crippen LogP contribution in [-0.4, -0.2) is 23.7 Å². The van der Waals surface area contributed by atoms with E-state index in [1.807, 2.05) is 30.3 Å². The van der Waals surface area contributed by atoms with Gasteiger partial charge in [0.2, 0.25) is 0 Å². The van der Waals surface area contributed by atoms with Crippen LogP contribution in [0.25, 0.3) is 0 Å². The summed E-state index contributed by atoms with van der Waals surface area (Å²) < 4.78 is 0. The van der Waals surface area contributed by atoms with Crippen LogP contribution in [-0.2, 0) is 6.42 Å². The van der Waals surface area contributed by atoms with Gasteiger partial charge in [-0.15, -0.1) is 0 Å². The van der Waals surface area contributed by atoms with E-state index in [2.05, 4.69) is 5.32 Å². The van der Waals surface area contributed by atoms with Crippen LogP contribution in [0.2, 0.25) is 10.0 Å². The fraction of sp³-hybridized carbons (Fsp3) is 0.188. The highest BCUT2D eigenvalue weighted by molar-refractivity contribution is 6.39. The van der Waals surface area contributed by atoms with Crippen LogP contribution in [0.15, 0.2) is 48.5 Å². The summed E-state index contributed by atoms with van der Waals surface area (Å²) in [5.74, 6) is -0.388. The Bertz CT molecular complexity index is 597. The summed E-state index contributed by atoms with van der Waals surface area (Å²) in [5.41, 5.74) is 1.26. The van der Waals surface area contributed by atoms with E-state index in [1.54, 1.807) is 18.2 Å². The van der Waals surface area contributed by atoms with Gasteiger partial charge in [-0.2, -0.15) is 0 Å². The number of benzene rings is 2. The maximum atomic E-state index is 12.3. The third-order valence-electron chi connectivity index (χ3n) is 3.07. The molecule has 2 N–H and O–H groups in total. The van der Waals surface area contributed by atoms with Gasteiger partial charge in [0, 0.05) is 0 Å². The first kappa shape index (κ1) is 15.8. The average Bonchev–Trinajstić information content (AvgIpc) is 2.47. The first-order valence-corrected chi connectivity index (χ1v) is 7.27. The maximum Gasteiger partial charge on any atom is 0.254 e. The van der Waals surface area contributed by atoms with Crippen molar-refractivity contribution >= 4 is 29.1 Å². The van der Waals surface area contributed by atoms with Crippen LogP contribution in [0.5, 0.6) is 0 Å². The quantitative estimate of drug-likeness (QED) is 0.886. The van der Waals surface area contributed by atoms with E-state index in [4.69, 9.17) is 23.2 Å². The Kier molecular flexibility index (Phi) is 5.62. The van der Waals surface area contributed by atoms with Gasteiger partial charge in [-0.3, -0.25) is 4.79 Å². The smallest absolute Gasteiger partial charge is 0.254 e. The van der Waals surface area contributed by atoms with Crippen LogP contribution in [0.3, 0.4) is 0 Å². The van der Waals surface area contributed by atoms with E-state index in [0.29, 0.717) is 6.42 Å². The highest BCUT2D eigenvalue weighted by Gasteiger charge is 2.18. The molecule has 2 rings (SSSR count). The van der Waals surface area contributed by atoms with Crippen molar-refractivity contribution in [2.24, 2.45) is 0 Å². The first-order valence-electron chi connectivity index (χ1n) is 6.51. The highest BCUT2D eigenvalue weighted by Crippen LogP contribution is 2.24. The first-order chi connectivity index (χ1) is 10.1. The molecule has 0 aliphatic carbocycles. The number of carbonyl (C=O) groups excluding carboxylic acids is 1. The number of halogens is 2. The van der Waals surface area contributed by atoms with Gasteiger partial charge in [-0.25, -0.2) is 0 Å². The molecule has 0 aromatic heterocycles. The molecule has 1 unspecified atom stereocenters. The fourth-order valence-electron chi connectivity index (χ4n) is 2.03. The Balaban J connectivity index is 2.10. The van der Waals surface area contributed by atoms with E-state index in [-0.39, 0.29) is 28.1 Å². The molecule has 0 bridgehead atoms. The lowest BCUT2D eigenvalue weighted by atomic mass is 10.1. The molecular weight excluding hydrogens is 309 g/mol. The third kappa shape index (κ3) is 4.21. The monoisotopic (exact) mass is 323 g/mol. The van der Waals surface area contributed by atoms with Crippen LogP contribution in [0.4, 0.5) is 0 Å². The number of hydrogen-bond acceptors (Lipinski definition) is 2. The predicted molar refractivity (Wildman–Crippen MR) is 84.9 cm³/mol. The summed E-state index contributed by atoms with van der Waals surface area (Å²) in [6, 6.07) is 14.1. The van der Waals surface area contributed by atoms with Crippen molar-refractivity contribution in [3.8, 4) is 0 Å². The minimum absolute atomic E-state index is 0.164. The summed E-state index contributed by atoms with van der Waals surface area (Å²) in [6.45, 7) is -0.164. The average molecular weight is 324 g/mol. The van der Waals surface area contributed by atoms with Crippen molar-refractivity contribution in [3.63, 3.8) is 0 Å². The number of rotatable bonds is 5. The van der Waals surface area contributed by atoms with Crippen molar-refractivity contribution in [1.29, 1.82) is 0 Å². The van der Waals surface area contributed by atoms with Gasteiger partial charge in [-0.1, -0.05) is 59.6 Å². The molecule has 2 aromatic rings. The molecule has 0 saturated carbocycles. The van der Waals surface area contributed by atoms with E-state index in [0.717, 1.165) is 5.56 Å². The molecular formula is C16H15Cl2NO2. The van der Waals surface area contributed by atoms with Gasteiger partial charge in [0.15, 0.2) is 0 Å². The van der Waals surface area contributed by atoms with Crippen molar-refractivity contribution in [2.45, 2.75) is 12.5 Å². The molecule has 0 saturated heterocycles. The Morgan fingerprint density at radius 1 is 1.05 bits per heavy atom. The molecule has 110 valence electrons. The van der Waals surface area contributed by atoms with Crippen molar-refractivity contribution in [2.75, 3.05) is 6.61 Å². The second kappa shape index (κ2) is 7.46. The SMILES string of the molecule is O=C(NC(CO)Cc1ccccc1)c1c(Cl)cccc1Cl. The van der Waals surface area contributed by atoms with Gasteiger partial charge in [0.25, 0.3) is 5.91 Å². The molecule has 0 heterocycles. The molecule has 1 atom stereocenters. The van der Waals surface area contributed by atoms with Crippen LogP contribution in [0.1, 0.15) is 15.9 Å². The van der Waals surface area contributed by atoms with Gasteiger partial charge < -0.3 is 10.4 Å². The molecule has 21 heavy (non-hydrogen) atoms. The van der Waals surface area contributed by atoms with Crippen molar-refractivity contribution < 1.29 is 9.90 Å². The Morgan fingerprint density at radius 2 is 1.67 bits per heavy atom. The Morgan fingerprint density at radius 3 is 2.24 bits per heavy atom. The van der Waals surface area contributed by atoms with Crippen LogP contribution < -0.4 is 5.32 Å². The molecule has 2 aromatic carbocycles. The largest absolute Gasteiger partial charge is 0.394 e. The zero-order valence-electron chi connectivity index (χ0n) is 11.2. The number of carbonyl (C=O) groups is 1. The van der Waals surface area contributed by atoms with Gasteiger partial charge in [0.05, 0.1) is 28.3 Å². The lowest BCUT2D eigenvalue weighted by Gasteiger charge is -2.17. The number of aliphatic hydroxyl groups is 1. The number of amides is 1. The second-order valence-electron chi connectivity index (χ2n) is 4.64. The molecule has 0 aliphatic heterocycles. The number of hydrogen-bond donors (Lipinski definition) is 2. The molecule has 0 radical (unpaired) electrons. The van der Waals surface area contributed by atoms with Gasteiger partial charge in [0.1, 0.15) is 0 Å². The Hall–Kier alpha value is -1.55. The predicted octanol–water partition coefficient (Wildman–Crippen LogP) is 3.33. The van der Waals surface area contributed by atoms with E-state index in [1.165, 1.54) is 0 Å². The van der Waals surface area contributed by atoms with Crippen molar-refractivity contribution in [1.82, 2.24) is 5.32 Å². The maximum absolute atomic E-state index is 12.3. The third-order valence-corrected chi connectivity index (χ3v) is 3.70. The summed E-state index contributed by atoms with van der Waals surface area (Å²) in [7, 11) is 0. The van der Waals surface area contributed by atoms with Crippen molar-refractivity contribution in [3.05, 3.63) is 69.7 Å². The molecule has 3 nitrogen and oxygen atoms in total. The molecule has 0 spiro atoms. The zero-order valence-corrected chi connectivity index (χ0v) is 12.7. The number of nitrogens with one attached hydrogen (secondary N) is 1. The summed E-state index contributed by atoms with van der Waals surface area (Å²) in [5, 5.41) is 12.8. The zero-order chi connectivity index (χ0) is 15.2. The lowest BCUT2D eigenvalue weighted by molar-refractivity contribution is 0.0917. The van der Waals surface area contributed by atoms with Crippen LogP contribution in [0, 0.1) is 0 Å². The molecule has 5 heteroatoms. The summed E-state index contributed by atoms with van der Waals surface area (Å²) in [6.07, 6.45) is 0.533. The highest BCUT2D eigenvalue weighted by atomic mass is 35.5. The fourth-order valence-corrected chi connectivity index (χ4v) is 2.60. The topological polar surface area (TPSA) is 49.3 Å². The van der Waals surface area contributed by atoms with Gasteiger partial charge in [-0.05, 0) is 24.1 Å². The lowest BCUT2D eigenvalue weighted by Crippen LogP contribution is -2.39. The molecule has 0 fully saturated rings.